The summed E-state index contributed by atoms with van der Waals surface area (Å²) in [4.78, 5) is 2.32. The van der Waals surface area contributed by atoms with Crippen molar-refractivity contribution in [3.05, 3.63) is 23.8 Å². The zero-order chi connectivity index (χ0) is 12.1. The van der Waals surface area contributed by atoms with Crippen LogP contribution in [-0.4, -0.2) is 33.9 Å². The van der Waals surface area contributed by atoms with E-state index in [9.17, 15) is 0 Å². The Bertz CT molecular complexity index is 365. The number of nitrogens with one attached hydrogen (secondary N) is 1. The zero-order valence-electron chi connectivity index (χ0n) is 10.8. The molecule has 1 aliphatic heterocycles. The number of ether oxygens (including phenoxy) is 1. The maximum atomic E-state index is 5.10. The summed E-state index contributed by atoms with van der Waals surface area (Å²) < 4.78 is 5.10. The number of methoxy groups -OCH3 is 1. The average Bonchev–Trinajstić information content (AvgIpc) is 2.38. The Labute approximate surface area is 104 Å². The van der Waals surface area contributed by atoms with Crippen LogP contribution in [0, 0.1) is 0 Å². The topological polar surface area (TPSA) is 24.5 Å². The second-order valence-electron chi connectivity index (χ2n) is 4.61. The fourth-order valence-electron chi connectivity index (χ4n) is 2.38. The predicted molar refractivity (Wildman–Crippen MR) is 73.0 cm³/mol. The minimum Gasteiger partial charge on any atom is -0.385 e. The molecule has 0 bridgehead atoms. The second kappa shape index (κ2) is 5.92. The van der Waals surface area contributed by atoms with E-state index in [0.29, 0.717) is 0 Å². The Hall–Kier alpha value is -1.22. The smallest absolute Gasteiger partial charge is 0.0610 e. The van der Waals surface area contributed by atoms with Gasteiger partial charge in [-0.1, -0.05) is 12.1 Å². The molecule has 0 amide bonds. The van der Waals surface area contributed by atoms with Gasteiger partial charge in [0.1, 0.15) is 0 Å². The third kappa shape index (κ3) is 2.91. The van der Waals surface area contributed by atoms with Crippen LogP contribution in [0.1, 0.15) is 18.4 Å². The second-order valence-corrected chi connectivity index (χ2v) is 4.61. The van der Waals surface area contributed by atoms with Crippen LogP contribution in [0.25, 0.3) is 0 Å². The van der Waals surface area contributed by atoms with Crippen LogP contribution in [0.2, 0.25) is 0 Å². The molecule has 0 aliphatic carbocycles. The van der Waals surface area contributed by atoms with Gasteiger partial charge in [-0.25, -0.2) is 0 Å². The van der Waals surface area contributed by atoms with Gasteiger partial charge in [0.05, 0.1) is 11.4 Å². The van der Waals surface area contributed by atoms with Crippen molar-refractivity contribution in [2.45, 2.75) is 19.3 Å². The lowest BCUT2D eigenvalue weighted by Gasteiger charge is -2.27. The number of anilines is 2. The molecule has 0 saturated carbocycles. The van der Waals surface area contributed by atoms with Crippen molar-refractivity contribution < 1.29 is 4.74 Å². The van der Waals surface area contributed by atoms with E-state index in [4.69, 9.17) is 4.74 Å². The Morgan fingerprint density at radius 1 is 1.41 bits per heavy atom. The minimum absolute atomic E-state index is 0.826. The number of benzene rings is 1. The number of hydrogen-bond donors (Lipinski definition) is 1. The van der Waals surface area contributed by atoms with Gasteiger partial charge < -0.3 is 15.0 Å². The molecule has 94 valence electrons. The summed E-state index contributed by atoms with van der Waals surface area (Å²) in [6, 6.07) is 6.59. The SMILES string of the molecule is COCCCN(C)c1cccc2c1NCCC2. The largest absolute Gasteiger partial charge is 0.385 e. The number of nitrogens with zero attached hydrogens (tertiary/aromatic N) is 1. The molecule has 2 rings (SSSR count). The van der Waals surface area contributed by atoms with E-state index in [1.54, 1.807) is 7.11 Å². The van der Waals surface area contributed by atoms with Crippen LogP contribution in [-0.2, 0) is 11.2 Å². The van der Waals surface area contributed by atoms with Crippen molar-refractivity contribution in [3.8, 4) is 0 Å². The molecule has 0 radical (unpaired) electrons. The number of hydrogen-bond acceptors (Lipinski definition) is 3. The molecule has 0 fully saturated rings. The first-order chi connectivity index (χ1) is 8.33. The quantitative estimate of drug-likeness (QED) is 0.792. The summed E-state index contributed by atoms with van der Waals surface area (Å²) in [5.41, 5.74) is 4.10. The zero-order valence-corrected chi connectivity index (χ0v) is 10.8. The van der Waals surface area contributed by atoms with Crippen LogP contribution >= 0.6 is 0 Å². The van der Waals surface area contributed by atoms with E-state index in [2.05, 4.69) is 35.5 Å². The molecule has 3 heteroatoms. The third-order valence-electron chi connectivity index (χ3n) is 3.31. The molecule has 0 saturated heterocycles. The van der Waals surface area contributed by atoms with E-state index in [1.807, 2.05) is 0 Å². The summed E-state index contributed by atoms with van der Waals surface area (Å²) in [5.74, 6) is 0. The lowest BCUT2D eigenvalue weighted by molar-refractivity contribution is 0.196. The normalized spacial score (nSPS) is 14.0. The van der Waals surface area contributed by atoms with E-state index in [-0.39, 0.29) is 0 Å². The van der Waals surface area contributed by atoms with Crippen molar-refractivity contribution in [1.29, 1.82) is 0 Å². The average molecular weight is 234 g/mol. The van der Waals surface area contributed by atoms with Crippen molar-refractivity contribution in [3.63, 3.8) is 0 Å². The number of aryl methyl sites for hydroxylation is 1. The molecule has 3 nitrogen and oxygen atoms in total. The van der Waals surface area contributed by atoms with Crippen LogP contribution in [0.4, 0.5) is 11.4 Å². The van der Waals surface area contributed by atoms with Gasteiger partial charge in [-0.05, 0) is 30.9 Å². The van der Waals surface area contributed by atoms with Crippen molar-refractivity contribution >= 4 is 11.4 Å². The first-order valence-electron chi connectivity index (χ1n) is 6.39. The number of para-hydroxylation sites is 1. The third-order valence-corrected chi connectivity index (χ3v) is 3.31. The molecule has 17 heavy (non-hydrogen) atoms. The summed E-state index contributed by atoms with van der Waals surface area (Å²) in [7, 11) is 3.91. The van der Waals surface area contributed by atoms with Crippen molar-refractivity contribution in [1.82, 2.24) is 0 Å². The summed E-state index contributed by atoms with van der Waals surface area (Å²) >= 11 is 0. The minimum atomic E-state index is 0.826. The molecule has 0 aromatic heterocycles. The van der Waals surface area contributed by atoms with Gasteiger partial charge in [-0.2, -0.15) is 0 Å². The highest BCUT2D eigenvalue weighted by atomic mass is 16.5. The molecule has 1 aromatic rings. The molecule has 1 N–H and O–H groups in total. The van der Waals surface area contributed by atoms with Crippen molar-refractivity contribution in [2.24, 2.45) is 0 Å². The van der Waals surface area contributed by atoms with Crippen LogP contribution in [0.15, 0.2) is 18.2 Å². The fourth-order valence-corrected chi connectivity index (χ4v) is 2.38. The van der Waals surface area contributed by atoms with Gasteiger partial charge in [0.15, 0.2) is 0 Å². The molecule has 0 atom stereocenters. The molecule has 0 unspecified atom stereocenters. The number of rotatable bonds is 5. The molecular formula is C14H22N2O. The highest BCUT2D eigenvalue weighted by molar-refractivity contribution is 5.74. The van der Waals surface area contributed by atoms with Crippen molar-refractivity contribution in [2.75, 3.05) is 44.1 Å². The molecule has 1 aromatic carbocycles. The van der Waals surface area contributed by atoms with Gasteiger partial charge in [0.25, 0.3) is 0 Å². The fraction of sp³-hybridized carbons (Fsp3) is 0.571. The lowest BCUT2D eigenvalue weighted by atomic mass is 10.0. The van der Waals surface area contributed by atoms with Gasteiger partial charge >= 0.3 is 0 Å². The maximum Gasteiger partial charge on any atom is 0.0610 e. The standard InChI is InChI=1S/C14H22N2O/c1-16(10-5-11-17-2)13-8-3-6-12-7-4-9-15-14(12)13/h3,6,8,15H,4-5,7,9-11H2,1-2H3. The first kappa shape index (κ1) is 12.2. The highest BCUT2D eigenvalue weighted by Gasteiger charge is 2.14. The van der Waals surface area contributed by atoms with Gasteiger partial charge in [-0.15, -0.1) is 0 Å². The Kier molecular flexibility index (Phi) is 4.26. The Morgan fingerprint density at radius 2 is 2.29 bits per heavy atom. The van der Waals surface area contributed by atoms with Crippen LogP contribution < -0.4 is 10.2 Å². The number of fused-ring (bicyclic) bond motifs is 1. The Balaban J connectivity index is 2.09. The molecule has 1 aliphatic rings. The van der Waals surface area contributed by atoms with Gasteiger partial charge in [0, 0.05) is 33.9 Å². The first-order valence-corrected chi connectivity index (χ1v) is 6.39. The van der Waals surface area contributed by atoms with E-state index in [1.165, 1.54) is 29.8 Å². The van der Waals surface area contributed by atoms with Crippen LogP contribution in [0.5, 0.6) is 0 Å². The summed E-state index contributed by atoms with van der Waals surface area (Å²) in [6.07, 6.45) is 3.50. The Morgan fingerprint density at radius 3 is 3.12 bits per heavy atom. The summed E-state index contributed by atoms with van der Waals surface area (Å²) in [6.45, 7) is 2.95. The van der Waals surface area contributed by atoms with Gasteiger partial charge in [0.2, 0.25) is 0 Å². The van der Waals surface area contributed by atoms with E-state index < -0.39 is 0 Å². The molecule has 1 heterocycles. The van der Waals surface area contributed by atoms with Crippen LogP contribution in [0.3, 0.4) is 0 Å². The van der Waals surface area contributed by atoms with E-state index in [0.717, 1.165) is 26.1 Å². The van der Waals surface area contributed by atoms with Gasteiger partial charge in [-0.3, -0.25) is 0 Å². The highest BCUT2D eigenvalue weighted by Crippen LogP contribution is 2.32. The summed E-state index contributed by atoms with van der Waals surface area (Å²) in [5, 5.41) is 3.53. The monoisotopic (exact) mass is 234 g/mol. The van der Waals surface area contributed by atoms with E-state index >= 15 is 0 Å². The molecular weight excluding hydrogens is 212 g/mol. The molecule has 0 spiro atoms. The maximum absolute atomic E-state index is 5.10. The predicted octanol–water partition coefficient (Wildman–Crippen LogP) is 2.52. The lowest BCUT2D eigenvalue weighted by Crippen LogP contribution is -2.23.